The molecular formula is C23H43NO2. The minimum Gasteiger partial charge on any atom is -0.391 e. The van der Waals surface area contributed by atoms with Crippen LogP contribution < -0.4 is 0 Å². The van der Waals surface area contributed by atoms with Crippen LogP contribution in [-0.4, -0.2) is 35.1 Å². The first-order valence-corrected chi connectivity index (χ1v) is 11.3. The number of hydrogen-bond acceptors (Lipinski definition) is 2. The topological polar surface area (TPSA) is 40.5 Å². The van der Waals surface area contributed by atoms with Crippen molar-refractivity contribution < 1.29 is 9.90 Å². The van der Waals surface area contributed by atoms with Crippen LogP contribution in [0.1, 0.15) is 110 Å². The summed E-state index contributed by atoms with van der Waals surface area (Å²) in [4.78, 5) is 13.9. The second kappa shape index (κ2) is 16.4. The van der Waals surface area contributed by atoms with E-state index in [1.165, 1.54) is 70.6 Å². The molecule has 0 saturated carbocycles. The van der Waals surface area contributed by atoms with E-state index in [9.17, 15) is 9.90 Å². The SMILES string of the molecule is CCCCCCCC/C=C\CCCCCCCC(=O)N1CCCC(O)C1. The number of carbonyl (C=O) groups excluding carboxylic acids is 1. The summed E-state index contributed by atoms with van der Waals surface area (Å²) in [6, 6.07) is 0. The maximum atomic E-state index is 12.1. The fourth-order valence-corrected chi connectivity index (χ4v) is 3.69. The summed E-state index contributed by atoms with van der Waals surface area (Å²) in [5, 5.41) is 9.63. The van der Waals surface area contributed by atoms with E-state index >= 15 is 0 Å². The lowest BCUT2D eigenvalue weighted by molar-refractivity contribution is -0.134. The highest BCUT2D eigenvalue weighted by Crippen LogP contribution is 2.14. The highest BCUT2D eigenvalue weighted by Gasteiger charge is 2.21. The highest BCUT2D eigenvalue weighted by molar-refractivity contribution is 5.76. The molecule has 0 aliphatic carbocycles. The van der Waals surface area contributed by atoms with Gasteiger partial charge < -0.3 is 10.0 Å². The summed E-state index contributed by atoms with van der Waals surface area (Å²) in [5.74, 6) is 0.237. The monoisotopic (exact) mass is 365 g/mol. The Bertz CT molecular complexity index is 367. The van der Waals surface area contributed by atoms with Crippen molar-refractivity contribution in [3.05, 3.63) is 12.2 Å². The Balaban J connectivity index is 1.83. The minimum absolute atomic E-state index is 0.237. The zero-order chi connectivity index (χ0) is 18.9. The number of β-amino-alcohol motifs (C(OH)–C–C–N with tert-alkyl or cyclic N) is 1. The second-order valence-corrected chi connectivity index (χ2v) is 7.97. The molecule has 26 heavy (non-hydrogen) atoms. The third-order valence-electron chi connectivity index (χ3n) is 5.40. The Morgan fingerprint density at radius 3 is 2.12 bits per heavy atom. The third kappa shape index (κ3) is 12.5. The molecule has 1 N–H and O–H groups in total. The molecule has 0 aromatic carbocycles. The molecule has 1 saturated heterocycles. The van der Waals surface area contributed by atoms with Gasteiger partial charge in [0.1, 0.15) is 0 Å². The number of likely N-dealkylation sites (tertiary alicyclic amines) is 1. The van der Waals surface area contributed by atoms with Gasteiger partial charge in [0, 0.05) is 19.5 Å². The number of allylic oxidation sites excluding steroid dienone is 2. The smallest absolute Gasteiger partial charge is 0.222 e. The first-order valence-electron chi connectivity index (χ1n) is 11.3. The van der Waals surface area contributed by atoms with E-state index in [0.29, 0.717) is 13.0 Å². The van der Waals surface area contributed by atoms with E-state index in [1.54, 1.807) is 0 Å². The Kier molecular flexibility index (Phi) is 14.6. The van der Waals surface area contributed by atoms with Crippen LogP contribution in [-0.2, 0) is 4.79 Å². The number of aliphatic hydroxyl groups excluding tert-OH is 1. The van der Waals surface area contributed by atoms with Crippen molar-refractivity contribution in [2.75, 3.05) is 13.1 Å². The van der Waals surface area contributed by atoms with Gasteiger partial charge in [-0.15, -0.1) is 0 Å². The van der Waals surface area contributed by atoms with Crippen LogP contribution >= 0.6 is 0 Å². The summed E-state index contributed by atoms with van der Waals surface area (Å²) in [6.45, 7) is 3.65. The van der Waals surface area contributed by atoms with Crippen molar-refractivity contribution in [1.82, 2.24) is 4.90 Å². The van der Waals surface area contributed by atoms with Gasteiger partial charge in [-0.1, -0.05) is 70.4 Å². The molecule has 1 rings (SSSR count). The van der Waals surface area contributed by atoms with Crippen molar-refractivity contribution in [3.8, 4) is 0 Å². The molecule has 0 radical (unpaired) electrons. The molecule has 0 bridgehead atoms. The minimum atomic E-state index is -0.304. The third-order valence-corrected chi connectivity index (χ3v) is 5.40. The lowest BCUT2D eigenvalue weighted by Crippen LogP contribution is -2.42. The maximum absolute atomic E-state index is 12.1. The molecule has 152 valence electrons. The van der Waals surface area contributed by atoms with E-state index in [1.807, 2.05) is 4.90 Å². The average Bonchev–Trinajstić information content (AvgIpc) is 2.64. The molecule has 1 aliphatic heterocycles. The molecule has 3 nitrogen and oxygen atoms in total. The molecule has 1 amide bonds. The molecule has 3 heteroatoms. The largest absolute Gasteiger partial charge is 0.391 e. The second-order valence-electron chi connectivity index (χ2n) is 7.97. The van der Waals surface area contributed by atoms with Gasteiger partial charge in [-0.25, -0.2) is 0 Å². The molecule has 0 aromatic heterocycles. The normalized spacial score (nSPS) is 17.9. The molecule has 1 fully saturated rings. The van der Waals surface area contributed by atoms with Gasteiger partial charge in [-0.05, 0) is 44.9 Å². The van der Waals surface area contributed by atoms with Gasteiger partial charge >= 0.3 is 0 Å². The van der Waals surface area contributed by atoms with Crippen LogP contribution in [0.25, 0.3) is 0 Å². The Hall–Kier alpha value is -0.830. The average molecular weight is 366 g/mol. The lowest BCUT2D eigenvalue weighted by atomic mass is 10.1. The van der Waals surface area contributed by atoms with Crippen LogP contribution in [0.4, 0.5) is 0 Å². The molecule has 0 spiro atoms. The van der Waals surface area contributed by atoms with Gasteiger partial charge in [0.05, 0.1) is 6.10 Å². The number of rotatable bonds is 15. The number of nitrogens with zero attached hydrogens (tertiary/aromatic N) is 1. The van der Waals surface area contributed by atoms with Crippen molar-refractivity contribution in [2.45, 2.75) is 116 Å². The number of amides is 1. The summed E-state index contributed by atoms with van der Waals surface area (Å²) < 4.78 is 0. The Morgan fingerprint density at radius 1 is 0.923 bits per heavy atom. The van der Waals surface area contributed by atoms with Crippen molar-refractivity contribution in [2.24, 2.45) is 0 Å². The molecular weight excluding hydrogens is 322 g/mol. The summed E-state index contributed by atoms with van der Waals surface area (Å²) in [5.41, 5.74) is 0. The number of hydrogen-bond donors (Lipinski definition) is 1. The molecule has 1 atom stereocenters. The highest BCUT2D eigenvalue weighted by atomic mass is 16.3. The van der Waals surface area contributed by atoms with Crippen molar-refractivity contribution in [1.29, 1.82) is 0 Å². The lowest BCUT2D eigenvalue weighted by Gasteiger charge is -2.30. The van der Waals surface area contributed by atoms with Crippen LogP contribution in [0.2, 0.25) is 0 Å². The van der Waals surface area contributed by atoms with Gasteiger partial charge in [-0.3, -0.25) is 4.79 Å². The van der Waals surface area contributed by atoms with Gasteiger partial charge in [0.25, 0.3) is 0 Å². The number of carbonyl (C=O) groups is 1. The van der Waals surface area contributed by atoms with Gasteiger partial charge in [0.15, 0.2) is 0 Å². The van der Waals surface area contributed by atoms with Crippen molar-refractivity contribution >= 4 is 5.91 Å². The standard InChI is InChI=1S/C23H43NO2/c1-2-3-4-5-6-7-8-9-10-11-12-13-14-15-16-19-23(26)24-20-17-18-22(25)21-24/h9-10,22,25H,2-8,11-21H2,1H3/b10-9-. The number of unbranched alkanes of at least 4 members (excludes halogenated alkanes) is 11. The molecule has 1 aliphatic rings. The quantitative estimate of drug-likeness (QED) is 0.285. The zero-order valence-electron chi connectivity index (χ0n) is 17.3. The summed E-state index contributed by atoms with van der Waals surface area (Å²) in [7, 11) is 0. The predicted molar refractivity (Wildman–Crippen MR) is 111 cm³/mol. The van der Waals surface area contributed by atoms with Crippen LogP contribution in [0.3, 0.4) is 0 Å². The Labute approximate surface area is 162 Å². The van der Waals surface area contributed by atoms with Gasteiger partial charge in [-0.2, -0.15) is 0 Å². The van der Waals surface area contributed by atoms with E-state index in [2.05, 4.69) is 19.1 Å². The van der Waals surface area contributed by atoms with E-state index in [0.717, 1.165) is 32.2 Å². The van der Waals surface area contributed by atoms with Crippen LogP contribution in [0.5, 0.6) is 0 Å². The van der Waals surface area contributed by atoms with Crippen LogP contribution in [0.15, 0.2) is 12.2 Å². The summed E-state index contributed by atoms with van der Waals surface area (Å²) in [6.07, 6.45) is 23.5. The van der Waals surface area contributed by atoms with E-state index in [-0.39, 0.29) is 12.0 Å². The Morgan fingerprint density at radius 2 is 1.50 bits per heavy atom. The predicted octanol–water partition coefficient (Wildman–Crippen LogP) is 6.01. The first kappa shape index (κ1) is 23.2. The fraction of sp³-hybridized carbons (Fsp3) is 0.870. The molecule has 1 heterocycles. The molecule has 1 unspecified atom stereocenters. The molecule has 0 aromatic rings. The van der Waals surface area contributed by atoms with E-state index < -0.39 is 0 Å². The van der Waals surface area contributed by atoms with Crippen molar-refractivity contribution in [3.63, 3.8) is 0 Å². The maximum Gasteiger partial charge on any atom is 0.222 e. The zero-order valence-corrected chi connectivity index (χ0v) is 17.3. The summed E-state index contributed by atoms with van der Waals surface area (Å²) >= 11 is 0. The van der Waals surface area contributed by atoms with Crippen LogP contribution in [0, 0.1) is 0 Å². The van der Waals surface area contributed by atoms with E-state index in [4.69, 9.17) is 0 Å². The number of piperidine rings is 1. The number of aliphatic hydroxyl groups is 1. The first-order chi connectivity index (χ1) is 12.7. The fourth-order valence-electron chi connectivity index (χ4n) is 3.69. The van der Waals surface area contributed by atoms with Gasteiger partial charge in [0.2, 0.25) is 5.91 Å².